The van der Waals surface area contributed by atoms with Gasteiger partial charge in [0.25, 0.3) is 0 Å². The molecule has 3 fully saturated rings. The van der Waals surface area contributed by atoms with Gasteiger partial charge in [0.05, 0.1) is 9.15 Å². The van der Waals surface area contributed by atoms with Crippen LogP contribution in [0.3, 0.4) is 0 Å². The number of rotatable bonds is 2. The van der Waals surface area contributed by atoms with E-state index in [1.54, 1.807) is 0 Å². The van der Waals surface area contributed by atoms with E-state index in [1.165, 1.54) is 11.1 Å². The zero-order valence-electron chi connectivity index (χ0n) is 14.0. The molecule has 24 heavy (non-hydrogen) atoms. The number of halogens is 3. The summed E-state index contributed by atoms with van der Waals surface area (Å²) in [4.78, 5) is 16.0. The molecule has 0 N–H and O–H groups in total. The average Bonchev–Trinajstić information content (AvgIpc) is 3.03. The molecule has 1 aromatic carbocycles. The molecule has 1 aromatic rings. The van der Waals surface area contributed by atoms with Gasteiger partial charge in [0.15, 0.2) is 0 Å². The van der Waals surface area contributed by atoms with Gasteiger partial charge < -0.3 is 4.90 Å². The number of hydrogen-bond donors (Lipinski definition) is 0. The van der Waals surface area contributed by atoms with Crippen molar-refractivity contribution < 1.29 is 4.79 Å². The lowest BCUT2D eigenvalue weighted by atomic mass is 9.43. The van der Waals surface area contributed by atoms with Crippen LogP contribution in [0, 0.1) is 16.2 Å². The molecule has 0 unspecified atom stereocenters. The van der Waals surface area contributed by atoms with Crippen LogP contribution < -0.4 is 0 Å². The maximum absolute atomic E-state index is 13.6. The maximum atomic E-state index is 13.6. The van der Waals surface area contributed by atoms with Crippen molar-refractivity contribution in [1.82, 2.24) is 4.90 Å². The summed E-state index contributed by atoms with van der Waals surface area (Å²) < 4.78 is 0.224. The first-order valence-corrected chi connectivity index (χ1v) is 11.3. The van der Waals surface area contributed by atoms with E-state index in [9.17, 15) is 4.79 Å². The van der Waals surface area contributed by atoms with Gasteiger partial charge in [-0.3, -0.25) is 4.79 Å². The molecule has 0 aromatic heterocycles. The first-order chi connectivity index (χ1) is 11.3. The van der Waals surface area contributed by atoms with Gasteiger partial charge in [-0.05, 0) is 35.8 Å². The highest BCUT2D eigenvalue weighted by molar-refractivity contribution is 9.24. The van der Waals surface area contributed by atoms with Gasteiger partial charge >= 0.3 is 0 Å². The van der Waals surface area contributed by atoms with Crippen LogP contribution in [0.5, 0.6) is 0 Å². The lowest BCUT2D eigenvalue weighted by Crippen LogP contribution is -2.72. The van der Waals surface area contributed by atoms with Crippen LogP contribution in [0.4, 0.5) is 0 Å². The second kappa shape index (κ2) is 5.56. The van der Waals surface area contributed by atoms with E-state index in [2.05, 4.69) is 90.8 Å². The third-order valence-electron chi connectivity index (χ3n) is 7.29. The van der Waals surface area contributed by atoms with Crippen molar-refractivity contribution in [3.8, 4) is 0 Å². The second-order valence-electron chi connectivity index (χ2n) is 8.05. The van der Waals surface area contributed by atoms with Gasteiger partial charge in [0, 0.05) is 23.3 Å². The van der Waals surface area contributed by atoms with Gasteiger partial charge in [-0.2, -0.15) is 0 Å². The van der Waals surface area contributed by atoms with Crippen LogP contribution >= 0.6 is 47.8 Å². The van der Waals surface area contributed by atoms with Gasteiger partial charge in [0.2, 0.25) is 5.91 Å². The zero-order chi connectivity index (χ0) is 17.3. The van der Waals surface area contributed by atoms with Crippen molar-refractivity contribution in [1.29, 1.82) is 0 Å². The second-order valence-corrected chi connectivity index (χ2v) is 12.0. The average molecular weight is 520 g/mol. The number of nitrogens with zero attached hydrogens (tertiary/aromatic N) is 1. The van der Waals surface area contributed by atoms with E-state index < -0.39 is 0 Å². The molecule has 0 radical (unpaired) electrons. The van der Waals surface area contributed by atoms with Crippen LogP contribution in [-0.4, -0.2) is 25.9 Å². The number of alkyl halides is 3. The van der Waals surface area contributed by atoms with E-state index in [4.69, 9.17) is 0 Å². The lowest BCUT2D eigenvalue weighted by Gasteiger charge is -2.66. The Balaban J connectivity index is 1.65. The van der Waals surface area contributed by atoms with Crippen LogP contribution in [0.15, 0.2) is 24.3 Å². The minimum Gasteiger partial charge on any atom is -0.337 e. The summed E-state index contributed by atoms with van der Waals surface area (Å²) in [5.74, 6) is 0.345. The summed E-state index contributed by atoms with van der Waals surface area (Å²) >= 11 is 11.5. The largest absolute Gasteiger partial charge is 0.337 e. The van der Waals surface area contributed by atoms with Gasteiger partial charge in [-0.1, -0.05) is 85.9 Å². The lowest BCUT2D eigenvalue weighted by molar-refractivity contribution is -0.173. The first-order valence-electron chi connectivity index (χ1n) is 8.57. The van der Waals surface area contributed by atoms with Crippen molar-refractivity contribution in [2.75, 3.05) is 6.54 Å². The molecular formula is C19H22Br3NO. The smallest absolute Gasteiger partial charge is 0.230 e. The summed E-state index contributed by atoms with van der Waals surface area (Å²) in [6.07, 6.45) is 3.02. The molecule has 2 nitrogen and oxygen atoms in total. The van der Waals surface area contributed by atoms with Crippen molar-refractivity contribution >= 4 is 53.7 Å². The molecule has 3 aliphatic carbocycles. The van der Waals surface area contributed by atoms with Crippen molar-refractivity contribution in [2.24, 2.45) is 16.2 Å². The van der Waals surface area contributed by atoms with E-state index in [0.29, 0.717) is 5.91 Å². The molecule has 2 bridgehead atoms. The first kappa shape index (κ1) is 17.5. The summed E-state index contributed by atoms with van der Waals surface area (Å²) in [5.41, 5.74) is 2.49. The van der Waals surface area contributed by atoms with Gasteiger partial charge in [-0.15, -0.1) is 0 Å². The molecule has 5 rings (SSSR count). The topological polar surface area (TPSA) is 20.3 Å². The fourth-order valence-corrected chi connectivity index (χ4v) is 10.5. The Bertz CT molecular complexity index is 704. The minimum absolute atomic E-state index is 0.0279. The normalized spacial score (nSPS) is 36.4. The number of hydrogen-bond acceptors (Lipinski definition) is 1. The SMILES string of the molecule is CC1(C)[C@]2(C(=O)N3CCc4ccccc4C3)CC[C@@]1(C(Br)Br)[C@H]2Br. The summed E-state index contributed by atoms with van der Waals surface area (Å²) in [6, 6.07) is 8.52. The van der Waals surface area contributed by atoms with Gasteiger partial charge in [0.1, 0.15) is 0 Å². The van der Waals surface area contributed by atoms with Crippen LogP contribution in [0.2, 0.25) is 0 Å². The molecule has 1 amide bonds. The van der Waals surface area contributed by atoms with Crippen molar-refractivity contribution in [3.05, 3.63) is 35.4 Å². The molecule has 3 saturated carbocycles. The number of fused-ring (bicyclic) bond motifs is 2. The summed E-state index contributed by atoms with van der Waals surface area (Å²) in [6.45, 7) is 6.16. The van der Waals surface area contributed by atoms with E-state index >= 15 is 0 Å². The standard InChI is InChI=1S/C19H22Br3NO/c1-17(2)18(15(21)22)8-9-19(17,14(18)20)16(24)23-10-7-12-5-3-4-6-13(12)11-23/h3-6,14-15H,7-11H2,1-2H3/t14-,18+,19-/m1/s1. The maximum Gasteiger partial charge on any atom is 0.230 e. The number of carbonyl (C=O) groups is 1. The van der Waals surface area contributed by atoms with Crippen molar-refractivity contribution in [3.63, 3.8) is 0 Å². The molecule has 130 valence electrons. The third-order valence-corrected chi connectivity index (χ3v) is 10.5. The Morgan fingerprint density at radius 1 is 1.21 bits per heavy atom. The predicted octanol–water partition coefficient (Wildman–Crippen LogP) is 5.26. The van der Waals surface area contributed by atoms with Crippen LogP contribution in [0.25, 0.3) is 0 Å². The molecule has 0 saturated heterocycles. The molecule has 1 aliphatic heterocycles. The summed E-state index contributed by atoms with van der Waals surface area (Å²) in [5, 5.41) is 0. The third kappa shape index (κ3) is 1.85. The molecular weight excluding hydrogens is 498 g/mol. The Kier molecular flexibility index (Phi) is 4.06. The van der Waals surface area contributed by atoms with Crippen molar-refractivity contribution in [2.45, 2.75) is 48.2 Å². The monoisotopic (exact) mass is 517 g/mol. The molecule has 4 aliphatic rings. The van der Waals surface area contributed by atoms with Crippen LogP contribution in [0.1, 0.15) is 37.8 Å². The van der Waals surface area contributed by atoms with E-state index in [1.807, 2.05) is 0 Å². The quantitative estimate of drug-likeness (QED) is 0.488. The Hall–Kier alpha value is 0.130. The van der Waals surface area contributed by atoms with Gasteiger partial charge in [-0.25, -0.2) is 0 Å². The summed E-state index contributed by atoms with van der Waals surface area (Å²) in [7, 11) is 0. The predicted molar refractivity (Wildman–Crippen MR) is 108 cm³/mol. The van der Waals surface area contributed by atoms with Crippen LogP contribution in [-0.2, 0) is 17.8 Å². The Labute approximate surface area is 169 Å². The number of benzene rings is 1. The van der Waals surface area contributed by atoms with E-state index in [-0.39, 0.29) is 24.8 Å². The molecule has 5 heteroatoms. The number of carbonyl (C=O) groups excluding carboxylic acids is 1. The van der Waals surface area contributed by atoms with E-state index in [0.717, 1.165) is 32.4 Å². The fourth-order valence-electron chi connectivity index (χ4n) is 5.62. The Morgan fingerprint density at radius 3 is 2.46 bits per heavy atom. The highest BCUT2D eigenvalue weighted by Crippen LogP contribution is 2.82. The highest BCUT2D eigenvalue weighted by atomic mass is 79.9. The zero-order valence-corrected chi connectivity index (χ0v) is 18.7. The molecule has 0 spiro atoms. The molecule has 1 heterocycles. The fraction of sp³-hybridized carbons (Fsp3) is 0.632. The Morgan fingerprint density at radius 2 is 1.88 bits per heavy atom. The highest BCUT2D eigenvalue weighted by Gasteiger charge is 2.83. The minimum atomic E-state index is -0.279. The number of amides is 1. The molecule has 3 atom stereocenters.